The van der Waals surface area contributed by atoms with Crippen molar-refractivity contribution in [3.8, 4) is 57.3 Å². The van der Waals surface area contributed by atoms with E-state index >= 15 is 0 Å². The molecule has 9 N–H and O–H groups in total. The summed E-state index contributed by atoms with van der Waals surface area (Å²) in [5, 5.41) is 94.7. The Hall–Kier alpha value is -5.05. The van der Waals surface area contributed by atoms with Gasteiger partial charge in [-0.05, 0) is 31.2 Å². The van der Waals surface area contributed by atoms with Crippen LogP contribution in [0.2, 0.25) is 0 Å². The van der Waals surface area contributed by atoms with Crippen LogP contribution in [0.1, 0.15) is 6.92 Å². The van der Waals surface area contributed by atoms with Crippen molar-refractivity contribution in [1.82, 2.24) is 0 Å². The Labute approximate surface area is 299 Å². The molecule has 1 aromatic heterocycles. The molecule has 0 radical (unpaired) electrons. The van der Waals surface area contributed by atoms with E-state index in [-0.39, 0.29) is 45.7 Å². The molecule has 0 amide bonds. The molecular weight excluding hydrogens is 708 g/mol. The van der Waals surface area contributed by atoms with Gasteiger partial charge in [0.2, 0.25) is 23.2 Å². The number of hydrogen-bond donors (Lipinski definition) is 9. The average molecular weight is 747 g/mol. The number of hydrogen-bond acceptors (Lipinski definition) is 18. The SMILES string of the molecule is COc1cc(O[C@H]2[C@H](O[C@H]3[C@H](Oc4c(-c5ccc(O)cc5)oc5cc(O)cc(O)c5c4=O)O[C@H](CO)[C@@H](O)[C@@H]3O)O[C@@H](C)[C@H](O)[C@H]2O)cc(OC)c1O. The van der Waals surface area contributed by atoms with Gasteiger partial charge in [-0.3, -0.25) is 4.79 Å². The normalized spacial score (nSPS) is 28.8. The van der Waals surface area contributed by atoms with Gasteiger partial charge in [0.05, 0.1) is 26.9 Å². The first-order valence-corrected chi connectivity index (χ1v) is 16.2. The van der Waals surface area contributed by atoms with Crippen molar-refractivity contribution in [2.75, 3.05) is 20.8 Å². The number of aromatic hydroxyl groups is 4. The van der Waals surface area contributed by atoms with E-state index in [1.165, 1.54) is 57.5 Å². The quantitative estimate of drug-likeness (QED) is 0.106. The fourth-order valence-corrected chi connectivity index (χ4v) is 6.08. The lowest BCUT2D eigenvalue weighted by atomic mass is 9.97. The number of ether oxygens (including phenoxy) is 7. The highest BCUT2D eigenvalue weighted by Gasteiger charge is 2.52. The van der Waals surface area contributed by atoms with Crippen molar-refractivity contribution in [2.45, 2.75) is 68.3 Å². The second-order valence-electron chi connectivity index (χ2n) is 12.3. The van der Waals surface area contributed by atoms with E-state index < -0.39 is 96.1 Å². The zero-order valence-corrected chi connectivity index (χ0v) is 28.3. The standard InChI is InChI=1S/C35H38O18/c1-13-24(40)28(44)32(49-17-10-20(46-2)25(41)21(11-17)47-3)34(48-13)53-33-29(45)26(42)22(12-36)51-35(33)52-31-27(43)23-18(39)8-16(38)9-19(23)50-30(31)14-4-6-15(37)7-5-14/h4-11,13,22,24,26,28-29,32-42,44-45H,12H2,1-3H3/t13-,22+,24-,26+,28+,29-,32+,33+,34-,35-/m0/s1. The summed E-state index contributed by atoms with van der Waals surface area (Å²) in [6, 6.07) is 9.81. The number of phenols is 4. The van der Waals surface area contributed by atoms with Crippen LogP contribution in [0.4, 0.5) is 0 Å². The molecule has 2 fully saturated rings. The van der Waals surface area contributed by atoms with Gasteiger partial charge < -0.3 is 83.5 Å². The maximum absolute atomic E-state index is 14.0. The first-order valence-electron chi connectivity index (χ1n) is 16.2. The molecule has 0 bridgehead atoms. The van der Waals surface area contributed by atoms with E-state index in [1.54, 1.807) is 0 Å². The molecular formula is C35H38O18. The van der Waals surface area contributed by atoms with Crippen LogP contribution in [-0.2, 0) is 14.2 Å². The highest BCUT2D eigenvalue weighted by atomic mass is 16.8. The van der Waals surface area contributed by atoms with Crippen LogP contribution >= 0.6 is 0 Å². The highest BCUT2D eigenvalue weighted by Crippen LogP contribution is 2.42. The number of benzene rings is 3. The minimum atomic E-state index is -1.93. The van der Waals surface area contributed by atoms with Crippen molar-refractivity contribution < 1.29 is 83.5 Å². The van der Waals surface area contributed by atoms with Gasteiger partial charge in [0.15, 0.2) is 35.8 Å². The predicted octanol–water partition coefficient (Wildman–Crippen LogP) is 0.417. The summed E-state index contributed by atoms with van der Waals surface area (Å²) in [7, 11) is 2.55. The molecule has 2 aliphatic rings. The molecule has 286 valence electrons. The Balaban J connectivity index is 1.42. The van der Waals surface area contributed by atoms with Crippen LogP contribution in [0.5, 0.6) is 46.0 Å². The van der Waals surface area contributed by atoms with Crippen LogP contribution in [0.3, 0.4) is 0 Å². The monoisotopic (exact) mass is 746 g/mol. The fraction of sp³-hybridized carbons (Fsp3) is 0.400. The smallest absolute Gasteiger partial charge is 0.239 e. The minimum Gasteiger partial charge on any atom is -0.508 e. The summed E-state index contributed by atoms with van der Waals surface area (Å²) >= 11 is 0. The summed E-state index contributed by atoms with van der Waals surface area (Å²) in [6.45, 7) is 0.583. The Kier molecular flexibility index (Phi) is 10.8. The van der Waals surface area contributed by atoms with Gasteiger partial charge in [-0.15, -0.1) is 0 Å². The molecule has 53 heavy (non-hydrogen) atoms. The lowest BCUT2D eigenvalue weighted by molar-refractivity contribution is -0.351. The second-order valence-corrected chi connectivity index (χ2v) is 12.3. The molecule has 10 atom stereocenters. The van der Waals surface area contributed by atoms with Crippen LogP contribution in [-0.4, -0.2) is 128 Å². The van der Waals surface area contributed by atoms with Crippen LogP contribution < -0.4 is 24.4 Å². The zero-order valence-electron chi connectivity index (χ0n) is 28.3. The second kappa shape index (κ2) is 15.1. The van der Waals surface area contributed by atoms with Gasteiger partial charge in [0.25, 0.3) is 0 Å². The van der Waals surface area contributed by atoms with Gasteiger partial charge in [-0.2, -0.15) is 0 Å². The first-order chi connectivity index (χ1) is 25.3. The van der Waals surface area contributed by atoms with E-state index in [0.717, 1.165) is 12.1 Å². The van der Waals surface area contributed by atoms with Gasteiger partial charge in [0.1, 0.15) is 64.5 Å². The topological polar surface area (TPSA) is 277 Å². The van der Waals surface area contributed by atoms with E-state index in [9.17, 15) is 50.8 Å². The lowest BCUT2D eigenvalue weighted by Crippen LogP contribution is -2.65. The largest absolute Gasteiger partial charge is 0.508 e. The molecule has 3 aromatic carbocycles. The molecule has 0 aliphatic carbocycles. The molecule has 2 saturated heterocycles. The van der Waals surface area contributed by atoms with Crippen molar-refractivity contribution in [1.29, 1.82) is 0 Å². The van der Waals surface area contributed by atoms with Gasteiger partial charge in [-0.1, -0.05) is 0 Å². The Morgan fingerprint density at radius 2 is 1.38 bits per heavy atom. The zero-order chi connectivity index (χ0) is 38.3. The molecule has 6 rings (SSSR count). The molecule has 0 spiro atoms. The van der Waals surface area contributed by atoms with Gasteiger partial charge in [0, 0.05) is 29.8 Å². The molecule has 4 aromatic rings. The summed E-state index contributed by atoms with van der Waals surface area (Å²) in [5.74, 6) is -2.67. The number of phenolic OH excluding ortho intramolecular Hbond substituents is 4. The molecule has 0 saturated carbocycles. The maximum atomic E-state index is 14.0. The Bertz CT molecular complexity index is 1960. The Morgan fingerprint density at radius 3 is 2.00 bits per heavy atom. The van der Waals surface area contributed by atoms with Crippen molar-refractivity contribution >= 4 is 11.0 Å². The van der Waals surface area contributed by atoms with Gasteiger partial charge in [-0.25, -0.2) is 0 Å². The number of aliphatic hydroxyl groups excluding tert-OH is 5. The summed E-state index contributed by atoms with van der Waals surface area (Å²) in [4.78, 5) is 14.0. The molecule has 0 unspecified atom stereocenters. The molecule has 18 heteroatoms. The summed E-state index contributed by atoms with van der Waals surface area (Å²) in [5.41, 5.74) is -1.06. The number of aliphatic hydroxyl groups is 5. The van der Waals surface area contributed by atoms with Crippen molar-refractivity contribution in [3.05, 3.63) is 58.8 Å². The minimum absolute atomic E-state index is 0.0497. The number of methoxy groups -OCH3 is 2. The van der Waals surface area contributed by atoms with E-state index in [4.69, 9.17) is 37.6 Å². The van der Waals surface area contributed by atoms with E-state index in [0.29, 0.717) is 0 Å². The molecule has 3 heterocycles. The number of rotatable bonds is 10. The van der Waals surface area contributed by atoms with Crippen LogP contribution in [0.15, 0.2) is 57.7 Å². The molecule has 2 aliphatic heterocycles. The van der Waals surface area contributed by atoms with E-state index in [2.05, 4.69) is 0 Å². The van der Waals surface area contributed by atoms with Crippen LogP contribution in [0, 0.1) is 0 Å². The lowest BCUT2D eigenvalue weighted by Gasteiger charge is -2.46. The van der Waals surface area contributed by atoms with Crippen LogP contribution in [0.25, 0.3) is 22.3 Å². The maximum Gasteiger partial charge on any atom is 0.239 e. The predicted molar refractivity (Wildman–Crippen MR) is 178 cm³/mol. The fourth-order valence-electron chi connectivity index (χ4n) is 6.08. The third-order valence-corrected chi connectivity index (χ3v) is 8.91. The van der Waals surface area contributed by atoms with E-state index in [1.807, 2.05) is 0 Å². The Morgan fingerprint density at radius 1 is 0.736 bits per heavy atom. The third-order valence-electron chi connectivity index (χ3n) is 8.91. The van der Waals surface area contributed by atoms with Crippen molar-refractivity contribution in [2.24, 2.45) is 0 Å². The third kappa shape index (κ3) is 7.18. The van der Waals surface area contributed by atoms with Crippen molar-refractivity contribution in [3.63, 3.8) is 0 Å². The summed E-state index contributed by atoms with van der Waals surface area (Å²) < 4.78 is 46.1. The highest BCUT2D eigenvalue weighted by molar-refractivity contribution is 5.88. The van der Waals surface area contributed by atoms with Gasteiger partial charge >= 0.3 is 0 Å². The molecule has 18 nitrogen and oxygen atoms in total. The average Bonchev–Trinajstić information content (AvgIpc) is 3.13. The summed E-state index contributed by atoms with van der Waals surface area (Å²) in [6.07, 6.45) is -16.5. The number of fused-ring (bicyclic) bond motifs is 1. The first kappa shape index (κ1) is 37.7.